The van der Waals surface area contributed by atoms with E-state index in [2.05, 4.69) is 9.64 Å². The normalized spacial score (nSPS) is 25.2. The molecule has 0 aromatic heterocycles. The molecule has 2 atom stereocenters. The van der Waals surface area contributed by atoms with Gasteiger partial charge in [0.2, 0.25) is 0 Å². The lowest BCUT2D eigenvalue weighted by Gasteiger charge is -2.33. The van der Waals surface area contributed by atoms with Crippen LogP contribution in [0.15, 0.2) is 24.3 Å². The minimum Gasteiger partial charge on any atom is -0.435 e. The monoisotopic (exact) mass is 342 g/mol. The molecule has 2 heterocycles. The molecule has 0 radical (unpaired) electrons. The molecule has 132 valence electrons. The summed E-state index contributed by atoms with van der Waals surface area (Å²) >= 11 is 0. The zero-order valence-electron chi connectivity index (χ0n) is 13.1. The quantitative estimate of drug-likeness (QED) is 0.877. The fourth-order valence-corrected chi connectivity index (χ4v) is 3.19. The average Bonchev–Trinajstić information content (AvgIpc) is 2.96. The van der Waals surface area contributed by atoms with Gasteiger partial charge in [-0.05, 0) is 18.2 Å². The lowest BCUT2D eigenvalue weighted by atomic mass is 10.1. The maximum atomic E-state index is 12.6. The Bertz CT molecular complexity index is 581. The summed E-state index contributed by atoms with van der Waals surface area (Å²) in [6.07, 6.45) is -0.632. The van der Waals surface area contributed by atoms with Crippen molar-refractivity contribution in [2.24, 2.45) is 0 Å². The number of aliphatic hydroxyl groups excluding tert-OH is 1. The van der Waals surface area contributed by atoms with Crippen LogP contribution in [-0.2, 0) is 4.74 Å². The van der Waals surface area contributed by atoms with Crippen LogP contribution in [0.4, 0.5) is 8.78 Å². The van der Waals surface area contributed by atoms with E-state index >= 15 is 0 Å². The molecule has 2 unspecified atom stereocenters. The Kier molecular flexibility index (Phi) is 5.27. The van der Waals surface area contributed by atoms with Gasteiger partial charge in [0.15, 0.2) is 0 Å². The number of nitrogens with zero attached hydrogens (tertiary/aromatic N) is 2. The highest BCUT2D eigenvalue weighted by molar-refractivity contribution is 5.94. The SMILES string of the molecule is O=C(c1cccc(OC(F)F)c1)N1CC(O)C(N2CCOCC2)C1. The van der Waals surface area contributed by atoms with Crippen molar-refractivity contribution in [3.8, 4) is 5.75 Å². The molecule has 3 rings (SSSR count). The summed E-state index contributed by atoms with van der Waals surface area (Å²) < 4.78 is 34.2. The Morgan fingerprint density at radius 3 is 2.75 bits per heavy atom. The van der Waals surface area contributed by atoms with Crippen molar-refractivity contribution in [2.75, 3.05) is 39.4 Å². The van der Waals surface area contributed by atoms with Crippen LogP contribution in [0.25, 0.3) is 0 Å². The molecule has 2 aliphatic rings. The highest BCUT2D eigenvalue weighted by Gasteiger charge is 2.38. The van der Waals surface area contributed by atoms with Gasteiger partial charge in [0.25, 0.3) is 5.91 Å². The van der Waals surface area contributed by atoms with Gasteiger partial charge in [0.1, 0.15) is 5.75 Å². The van der Waals surface area contributed by atoms with Gasteiger partial charge in [0, 0.05) is 31.7 Å². The summed E-state index contributed by atoms with van der Waals surface area (Å²) in [6, 6.07) is 5.59. The van der Waals surface area contributed by atoms with Crippen molar-refractivity contribution >= 4 is 5.91 Å². The third-order valence-electron chi connectivity index (χ3n) is 4.37. The van der Waals surface area contributed by atoms with E-state index in [1.165, 1.54) is 18.2 Å². The number of benzene rings is 1. The first kappa shape index (κ1) is 17.1. The van der Waals surface area contributed by atoms with Crippen LogP contribution < -0.4 is 4.74 Å². The van der Waals surface area contributed by atoms with Crippen LogP contribution in [-0.4, -0.2) is 79.0 Å². The maximum Gasteiger partial charge on any atom is 0.387 e. The van der Waals surface area contributed by atoms with E-state index in [4.69, 9.17) is 4.74 Å². The average molecular weight is 342 g/mol. The number of hydrogen-bond donors (Lipinski definition) is 1. The van der Waals surface area contributed by atoms with Crippen LogP contribution in [0.2, 0.25) is 0 Å². The molecule has 0 aliphatic carbocycles. The topological polar surface area (TPSA) is 62.2 Å². The number of amides is 1. The fraction of sp³-hybridized carbons (Fsp3) is 0.562. The number of morpholine rings is 1. The number of likely N-dealkylation sites (tertiary alicyclic amines) is 1. The first-order valence-electron chi connectivity index (χ1n) is 7.88. The van der Waals surface area contributed by atoms with Gasteiger partial charge in [-0.3, -0.25) is 9.69 Å². The summed E-state index contributed by atoms with van der Waals surface area (Å²) in [5.41, 5.74) is 0.267. The van der Waals surface area contributed by atoms with E-state index in [0.29, 0.717) is 19.8 Å². The molecule has 1 N–H and O–H groups in total. The van der Waals surface area contributed by atoms with Crippen LogP contribution in [0.5, 0.6) is 5.75 Å². The van der Waals surface area contributed by atoms with Crippen molar-refractivity contribution in [3.05, 3.63) is 29.8 Å². The minimum absolute atomic E-state index is 0.0553. The van der Waals surface area contributed by atoms with Crippen LogP contribution >= 0.6 is 0 Å². The van der Waals surface area contributed by atoms with Crippen LogP contribution in [0.3, 0.4) is 0 Å². The molecule has 1 aromatic carbocycles. The molecule has 2 fully saturated rings. The number of rotatable bonds is 4. The van der Waals surface area contributed by atoms with Crippen molar-refractivity contribution in [2.45, 2.75) is 18.8 Å². The summed E-state index contributed by atoms with van der Waals surface area (Å²) in [4.78, 5) is 16.3. The Morgan fingerprint density at radius 1 is 1.29 bits per heavy atom. The molecular formula is C16H20F2N2O4. The maximum absolute atomic E-state index is 12.6. The predicted molar refractivity (Wildman–Crippen MR) is 81.2 cm³/mol. The molecule has 6 nitrogen and oxygen atoms in total. The number of aliphatic hydroxyl groups is 1. The number of hydrogen-bond acceptors (Lipinski definition) is 5. The van der Waals surface area contributed by atoms with Crippen molar-refractivity contribution in [1.82, 2.24) is 9.80 Å². The fourth-order valence-electron chi connectivity index (χ4n) is 3.19. The number of carbonyl (C=O) groups excluding carboxylic acids is 1. The third kappa shape index (κ3) is 3.82. The molecule has 0 spiro atoms. The summed E-state index contributed by atoms with van der Waals surface area (Å²) in [7, 11) is 0. The van der Waals surface area contributed by atoms with Gasteiger partial charge in [-0.15, -0.1) is 0 Å². The molecule has 8 heteroatoms. The van der Waals surface area contributed by atoms with Crippen molar-refractivity contribution in [1.29, 1.82) is 0 Å². The smallest absolute Gasteiger partial charge is 0.387 e. The first-order chi connectivity index (χ1) is 11.5. The summed E-state index contributed by atoms with van der Waals surface area (Å²) in [5.74, 6) is -0.357. The molecule has 24 heavy (non-hydrogen) atoms. The van der Waals surface area contributed by atoms with E-state index in [-0.39, 0.29) is 29.8 Å². The lowest BCUT2D eigenvalue weighted by Crippen LogP contribution is -2.49. The van der Waals surface area contributed by atoms with Crippen LogP contribution in [0.1, 0.15) is 10.4 Å². The lowest BCUT2D eigenvalue weighted by molar-refractivity contribution is -0.0499. The highest BCUT2D eigenvalue weighted by Crippen LogP contribution is 2.22. The predicted octanol–water partition coefficient (Wildman–Crippen LogP) is 0.805. The number of β-amino-alcohol motifs (C(OH)–C–C–N with tert-alkyl or cyclic N) is 1. The molecule has 0 saturated carbocycles. The van der Waals surface area contributed by atoms with E-state index in [1.54, 1.807) is 11.0 Å². The second-order valence-corrected chi connectivity index (χ2v) is 5.90. The summed E-state index contributed by atoms with van der Waals surface area (Å²) in [5, 5.41) is 10.3. The van der Waals surface area contributed by atoms with Crippen LogP contribution in [0, 0.1) is 0 Å². The molecular weight excluding hydrogens is 322 g/mol. The third-order valence-corrected chi connectivity index (χ3v) is 4.37. The van der Waals surface area contributed by atoms with E-state index in [1.807, 2.05) is 0 Å². The Hall–Kier alpha value is -1.77. The Balaban J connectivity index is 1.67. The largest absolute Gasteiger partial charge is 0.435 e. The van der Waals surface area contributed by atoms with Crippen molar-refractivity contribution < 1.29 is 28.2 Å². The molecule has 2 saturated heterocycles. The van der Waals surface area contributed by atoms with E-state index < -0.39 is 12.7 Å². The first-order valence-corrected chi connectivity index (χ1v) is 7.88. The van der Waals surface area contributed by atoms with Crippen molar-refractivity contribution in [3.63, 3.8) is 0 Å². The number of alkyl halides is 2. The molecule has 0 bridgehead atoms. The second-order valence-electron chi connectivity index (χ2n) is 5.90. The van der Waals surface area contributed by atoms with Gasteiger partial charge in [0.05, 0.1) is 25.4 Å². The molecule has 1 aromatic rings. The number of halogens is 2. The standard InChI is InChI=1S/C16H20F2N2O4/c17-16(18)24-12-3-1-2-11(8-12)15(22)20-9-13(14(21)10-20)19-4-6-23-7-5-19/h1-3,8,13-14,16,21H,4-7,9-10H2. The van der Waals surface area contributed by atoms with Gasteiger partial charge >= 0.3 is 6.61 Å². The van der Waals surface area contributed by atoms with Gasteiger partial charge in [-0.2, -0.15) is 8.78 Å². The van der Waals surface area contributed by atoms with E-state index in [0.717, 1.165) is 13.1 Å². The molecule has 1 amide bonds. The Morgan fingerprint density at radius 2 is 2.04 bits per heavy atom. The number of ether oxygens (including phenoxy) is 2. The summed E-state index contributed by atoms with van der Waals surface area (Å²) in [6.45, 7) is 0.368. The van der Waals surface area contributed by atoms with E-state index in [9.17, 15) is 18.7 Å². The minimum atomic E-state index is -2.94. The van der Waals surface area contributed by atoms with Gasteiger partial charge < -0.3 is 19.5 Å². The Labute approximate surface area is 138 Å². The van der Waals surface area contributed by atoms with Gasteiger partial charge in [-0.25, -0.2) is 0 Å². The zero-order chi connectivity index (χ0) is 17.1. The second kappa shape index (κ2) is 7.42. The number of carbonyl (C=O) groups is 1. The zero-order valence-corrected chi connectivity index (χ0v) is 13.1. The van der Waals surface area contributed by atoms with Gasteiger partial charge in [-0.1, -0.05) is 6.07 Å². The molecule has 2 aliphatic heterocycles. The highest BCUT2D eigenvalue weighted by atomic mass is 19.3.